The highest BCUT2D eigenvalue weighted by atomic mass is 15.3. The van der Waals surface area contributed by atoms with Crippen LogP contribution in [0.15, 0.2) is 12.3 Å². The molecule has 0 aliphatic carbocycles. The van der Waals surface area contributed by atoms with E-state index in [0.29, 0.717) is 0 Å². The Labute approximate surface area is 114 Å². The molecular formula is C14H21N5. The lowest BCUT2D eigenvalue weighted by Gasteiger charge is -2.13. The van der Waals surface area contributed by atoms with Gasteiger partial charge in [0.25, 0.3) is 0 Å². The third-order valence-corrected chi connectivity index (χ3v) is 3.11. The molecule has 0 spiro atoms. The van der Waals surface area contributed by atoms with Gasteiger partial charge >= 0.3 is 0 Å². The van der Waals surface area contributed by atoms with E-state index in [9.17, 15) is 0 Å². The monoisotopic (exact) mass is 259 g/mol. The van der Waals surface area contributed by atoms with Crippen LogP contribution in [-0.4, -0.2) is 26.3 Å². The third kappa shape index (κ3) is 2.75. The summed E-state index contributed by atoms with van der Waals surface area (Å²) in [6, 6.07) is 1.99. The lowest BCUT2D eigenvalue weighted by atomic mass is 10.2. The second-order valence-electron chi connectivity index (χ2n) is 4.55. The first-order valence-corrected chi connectivity index (χ1v) is 6.78. The van der Waals surface area contributed by atoms with E-state index in [-0.39, 0.29) is 0 Å². The Morgan fingerprint density at radius 3 is 2.58 bits per heavy atom. The third-order valence-electron chi connectivity index (χ3n) is 3.11. The number of hydrogen-bond donors (Lipinski definition) is 1. The molecule has 0 saturated carbocycles. The number of aryl methyl sites for hydroxylation is 3. The van der Waals surface area contributed by atoms with Crippen molar-refractivity contribution >= 4 is 5.82 Å². The van der Waals surface area contributed by atoms with Crippen molar-refractivity contribution < 1.29 is 0 Å². The average Bonchev–Trinajstić information content (AvgIpc) is 2.87. The van der Waals surface area contributed by atoms with Gasteiger partial charge in [0, 0.05) is 19.3 Å². The van der Waals surface area contributed by atoms with Crippen LogP contribution in [0.25, 0.3) is 11.4 Å². The van der Waals surface area contributed by atoms with Crippen molar-refractivity contribution in [2.45, 2.75) is 40.7 Å². The molecule has 2 heterocycles. The van der Waals surface area contributed by atoms with Crippen molar-refractivity contribution in [1.29, 1.82) is 0 Å². The SMILES string of the molecule is CCCNc1nc(C)c(C)nc1-c1ccnn1CC. The van der Waals surface area contributed by atoms with Crippen LogP contribution in [0.5, 0.6) is 0 Å². The summed E-state index contributed by atoms with van der Waals surface area (Å²) in [5.41, 5.74) is 3.82. The lowest BCUT2D eigenvalue weighted by Crippen LogP contribution is -2.09. The van der Waals surface area contributed by atoms with Crippen molar-refractivity contribution in [2.75, 3.05) is 11.9 Å². The van der Waals surface area contributed by atoms with E-state index in [4.69, 9.17) is 4.98 Å². The molecule has 0 amide bonds. The van der Waals surface area contributed by atoms with Gasteiger partial charge in [-0.3, -0.25) is 4.68 Å². The lowest BCUT2D eigenvalue weighted by molar-refractivity contribution is 0.665. The Hall–Kier alpha value is -1.91. The molecule has 5 nitrogen and oxygen atoms in total. The molecule has 0 bridgehead atoms. The highest BCUT2D eigenvalue weighted by Gasteiger charge is 2.14. The Bertz CT molecular complexity index is 559. The van der Waals surface area contributed by atoms with Gasteiger partial charge in [0.2, 0.25) is 0 Å². The fraction of sp³-hybridized carbons (Fsp3) is 0.500. The van der Waals surface area contributed by atoms with E-state index in [1.165, 1.54) is 0 Å². The number of nitrogens with zero attached hydrogens (tertiary/aromatic N) is 4. The summed E-state index contributed by atoms with van der Waals surface area (Å²) < 4.78 is 1.94. The Kier molecular flexibility index (Phi) is 4.14. The second kappa shape index (κ2) is 5.82. The van der Waals surface area contributed by atoms with E-state index in [1.807, 2.05) is 24.6 Å². The van der Waals surface area contributed by atoms with E-state index >= 15 is 0 Å². The molecule has 0 aliphatic rings. The summed E-state index contributed by atoms with van der Waals surface area (Å²) in [6.07, 6.45) is 2.86. The predicted octanol–water partition coefficient (Wildman–Crippen LogP) is 2.80. The van der Waals surface area contributed by atoms with Crippen molar-refractivity contribution in [3.8, 4) is 11.4 Å². The second-order valence-corrected chi connectivity index (χ2v) is 4.55. The maximum absolute atomic E-state index is 4.69. The predicted molar refractivity (Wildman–Crippen MR) is 77.2 cm³/mol. The zero-order chi connectivity index (χ0) is 13.8. The first-order valence-electron chi connectivity index (χ1n) is 6.78. The van der Waals surface area contributed by atoms with Crippen LogP contribution in [0.4, 0.5) is 5.82 Å². The van der Waals surface area contributed by atoms with Gasteiger partial charge in [-0.05, 0) is 33.3 Å². The molecule has 1 N–H and O–H groups in total. The van der Waals surface area contributed by atoms with Gasteiger partial charge in [0.05, 0.1) is 17.1 Å². The summed E-state index contributed by atoms with van der Waals surface area (Å²) in [7, 11) is 0. The van der Waals surface area contributed by atoms with Gasteiger partial charge < -0.3 is 5.32 Å². The molecule has 0 radical (unpaired) electrons. The Balaban J connectivity index is 2.51. The zero-order valence-electron chi connectivity index (χ0n) is 12.1. The number of nitrogens with one attached hydrogen (secondary N) is 1. The molecule has 5 heteroatoms. The summed E-state index contributed by atoms with van der Waals surface area (Å²) in [5, 5.41) is 7.66. The van der Waals surface area contributed by atoms with E-state index in [2.05, 4.69) is 29.2 Å². The van der Waals surface area contributed by atoms with Gasteiger partial charge in [-0.25, -0.2) is 9.97 Å². The Morgan fingerprint density at radius 1 is 1.16 bits per heavy atom. The quantitative estimate of drug-likeness (QED) is 0.897. The van der Waals surface area contributed by atoms with Crippen LogP contribution in [0.1, 0.15) is 31.7 Å². The molecule has 102 valence electrons. The minimum atomic E-state index is 0.824. The molecule has 0 unspecified atom stereocenters. The topological polar surface area (TPSA) is 55.6 Å². The van der Waals surface area contributed by atoms with Gasteiger partial charge in [-0.2, -0.15) is 5.10 Å². The highest BCUT2D eigenvalue weighted by Crippen LogP contribution is 2.25. The number of anilines is 1. The van der Waals surface area contributed by atoms with E-state index < -0.39 is 0 Å². The maximum Gasteiger partial charge on any atom is 0.154 e. The minimum Gasteiger partial charge on any atom is -0.368 e. The van der Waals surface area contributed by atoms with Gasteiger partial charge in [0.1, 0.15) is 5.69 Å². The fourth-order valence-corrected chi connectivity index (χ4v) is 1.93. The van der Waals surface area contributed by atoms with Gasteiger partial charge in [-0.15, -0.1) is 0 Å². The first-order chi connectivity index (χ1) is 9.17. The van der Waals surface area contributed by atoms with Gasteiger partial charge in [-0.1, -0.05) is 6.92 Å². The van der Waals surface area contributed by atoms with Crippen LogP contribution in [-0.2, 0) is 6.54 Å². The van der Waals surface area contributed by atoms with E-state index in [1.54, 1.807) is 6.20 Å². The normalized spacial score (nSPS) is 10.7. The first kappa shape index (κ1) is 13.5. The van der Waals surface area contributed by atoms with E-state index in [0.717, 1.165) is 48.1 Å². The van der Waals surface area contributed by atoms with Gasteiger partial charge in [0.15, 0.2) is 5.82 Å². The molecule has 0 aliphatic heterocycles. The molecule has 0 saturated heterocycles. The minimum absolute atomic E-state index is 0.824. The molecule has 2 aromatic rings. The number of hydrogen-bond acceptors (Lipinski definition) is 4. The van der Waals surface area contributed by atoms with Crippen LogP contribution in [0.3, 0.4) is 0 Å². The maximum atomic E-state index is 4.69. The Morgan fingerprint density at radius 2 is 1.89 bits per heavy atom. The zero-order valence-corrected chi connectivity index (χ0v) is 12.1. The molecule has 2 aromatic heterocycles. The molecule has 0 aromatic carbocycles. The van der Waals surface area contributed by atoms with Crippen molar-refractivity contribution in [3.63, 3.8) is 0 Å². The highest BCUT2D eigenvalue weighted by molar-refractivity contribution is 5.69. The van der Waals surface area contributed by atoms with Crippen molar-refractivity contribution in [1.82, 2.24) is 19.7 Å². The summed E-state index contributed by atoms with van der Waals surface area (Å²) >= 11 is 0. The number of aromatic nitrogens is 4. The van der Waals surface area contributed by atoms with Crippen molar-refractivity contribution in [3.05, 3.63) is 23.7 Å². The fourth-order valence-electron chi connectivity index (χ4n) is 1.93. The van der Waals surface area contributed by atoms with Crippen molar-refractivity contribution in [2.24, 2.45) is 0 Å². The molecule has 19 heavy (non-hydrogen) atoms. The van der Waals surface area contributed by atoms with Crippen LogP contribution >= 0.6 is 0 Å². The van der Waals surface area contributed by atoms with Crippen LogP contribution in [0.2, 0.25) is 0 Å². The molecule has 0 atom stereocenters. The summed E-state index contributed by atoms with van der Waals surface area (Å²) in [4.78, 5) is 9.32. The average molecular weight is 259 g/mol. The van der Waals surface area contributed by atoms with Crippen LogP contribution in [0, 0.1) is 13.8 Å². The molecule has 0 fully saturated rings. The van der Waals surface area contributed by atoms with Crippen LogP contribution < -0.4 is 5.32 Å². The standard InChI is InChI=1S/C14H21N5/c1-5-8-15-14-13(17-10(3)11(4)18-14)12-7-9-16-19(12)6-2/h7,9H,5-6,8H2,1-4H3,(H,15,18). The summed E-state index contributed by atoms with van der Waals surface area (Å²) in [5.74, 6) is 0.847. The molecular weight excluding hydrogens is 238 g/mol. The summed E-state index contributed by atoms with van der Waals surface area (Å²) in [6.45, 7) is 9.90. The smallest absolute Gasteiger partial charge is 0.154 e. The number of rotatable bonds is 5. The molecule has 2 rings (SSSR count). The largest absolute Gasteiger partial charge is 0.368 e.